The minimum Gasteiger partial charge on any atom is -0.444 e. The van der Waals surface area contributed by atoms with Crippen molar-refractivity contribution in [3.63, 3.8) is 0 Å². The molecule has 2 aromatic rings. The minimum atomic E-state index is -0.760. The molecule has 2 atom stereocenters. The van der Waals surface area contributed by atoms with Crippen LogP contribution in [0.2, 0.25) is 0 Å². The van der Waals surface area contributed by atoms with Crippen molar-refractivity contribution < 1.29 is 28.7 Å². The standard InChI is InChI=1S/C38H58N4O6/c1-29(2)33(39)35(43)41(37(45)47-27-31-21-15-13-16-22-31)25-19-11-9-7-5-6-8-10-12-20-26-42(36(44)34(40)30(3)4)38(46)48-28-32-23-17-14-18-24-32/h13-18,21-24,29-30,33-34H,5-12,19-20,25-28,39-40H2,1-4H3/t33-,34-/m0/s1. The van der Waals surface area contributed by atoms with Crippen LogP contribution in [0.5, 0.6) is 0 Å². The number of nitrogens with two attached hydrogens (primary N) is 2. The van der Waals surface area contributed by atoms with Crippen LogP contribution in [0.4, 0.5) is 9.59 Å². The highest BCUT2D eigenvalue weighted by atomic mass is 16.6. The van der Waals surface area contributed by atoms with Gasteiger partial charge in [0.05, 0.1) is 12.1 Å². The Morgan fingerprint density at radius 3 is 1.10 bits per heavy atom. The summed E-state index contributed by atoms with van der Waals surface area (Å²) in [4.78, 5) is 53.9. The molecule has 0 aliphatic heterocycles. The highest BCUT2D eigenvalue weighted by Crippen LogP contribution is 2.15. The molecule has 0 bridgehead atoms. The lowest BCUT2D eigenvalue weighted by atomic mass is 10.0. The molecular formula is C38H58N4O6. The zero-order chi connectivity index (χ0) is 35.3. The molecule has 0 saturated heterocycles. The van der Waals surface area contributed by atoms with Crippen molar-refractivity contribution in [2.75, 3.05) is 13.1 Å². The number of carbonyl (C=O) groups excluding carboxylic acids is 4. The van der Waals surface area contributed by atoms with E-state index in [4.69, 9.17) is 20.9 Å². The molecule has 2 aromatic carbocycles. The van der Waals surface area contributed by atoms with Crippen LogP contribution >= 0.6 is 0 Å². The fourth-order valence-corrected chi connectivity index (χ4v) is 5.06. The molecule has 10 heteroatoms. The number of rotatable bonds is 21. The van der Waals surface area contributed by atoms with Gasteiger partial charge in [0, 0.05) is 13.1 Å². The smallest absolute Gasteiger partial charge is 0.416 e. The lowest BCUT2D eigenvalue weighted by Gasteiger charge is -2.25. The van der Waals surface area contributed by atoms with Gasteiger partial charge in [-0.2, -0.15) is 0 Å². The molecule has 0 aliphatic rings. The molecule has 0 heterocycles. The Bertz CT molecular complexity index is 1130. The average molecular weight is 667 g/mol. The van der Waals surface area contributed by atoms with Gasteiger partial charge in [-0.1, -0.05) is 140 Å². The Morgan fingerprint density at radius 2 is 0.812 bits per heavy atom. The van der Waals surface area contributed by atoms with E-state index in [9.17, 15) is 19.2 Å². The molecule has 0 saturated carbocycles. The Hall–Kier alpha value is -3.76. The summed E-state index contributed by atoms with van der Waals surface area (Å²) in [6.45, 7) is 8.22. The van der Waals surface area contributed by atoms with Crippen molar-refractivity contribution in [1.29, 1.82) is 0 Å². The van der Waals surface area contributed by atoms with Crippen LogP contribution in [0.25, 0.3) is 0 Å². The van der Waals surface area contributed by atoms with Gasteiger partial charge in [0.2, 0.25) is 11.8 Å². The molecule has 4 amide bonds. The molecule has 4 N–H and O–H groups in total. The first-order valence-corrected chi connectivity index (χ1v) is 17.6. The summed E-state index contributed by atoms with van der Waals surface area (Å²) in [5, 5.41) is 0. The highest BCUT2D eigenvalue weighted by molar-refractivity contribution is 5.95. The molecule has 266 valence electrons. The quantitative estimate of drug-likeness (QED) is 0.133. The van der Waals surface area contributed by atoms with Gasteiger partial charge < -0.3 is 20.9 Å². The third kappa shape index (κ3) is 15.0. The lowest BCUT2D eigenvalue weighted by Crippen LogP contribution is -2.49. The molecular weight excluding hydrogens is 608 g/mol. The van der Waals surface area contributed by atoms with E-state index >= 15 is 0 Å². The molecule has 0 aliphatic carbocycles. The van der Waals surface area contributed by atoms with Gasteiger partial charge in [-0.3, -0.25) is 9.59 Å². The van der Waals surface area contributed by atoms with E-state index in [1.54, 1.807) is 0 Å². The molecule has 0 fully saturated rings. The van der Waals surface area contributed by atoms with Crippen LogP contribution in [0.3, 0.4) is 0 Å². The highest BCUT2D eigenvalue weighted by Gasteiger charge is 2.30. The number of ether oxygens (including phenoxy) is 2. The summed E-state index contributed by atoms with van der Waals surface area (Å²) in [6.07, 6.45) is 8.23. The van der Waals surface area contributed by atoms with E-state index in [0.29, 0.717) is 12.8 Å². The predicted octanol–water partition coefficient (Wildman–Crippen LogP) is 7.18. The summed E-state index contributed by atoms with van der Waals surface area (Å²) in [7, 11) is 0. The topological polar surface area (TPSA) is 145 Å². The second kappa shape index (κ2) is 22.7. The Labute approximate surface area is 287 Å². The van der Waals surface area contributed by atoms with Gasteiger partial charge in [-0.25, -0.2) is 19.4 Å². The predicted molar refractivity (Wildman–Crippen MR) is 188 cm³/mol. The molecule has 0 radical (unpaired) electrons. The third-order valence-electron chi connectivity index (χ3n) is 8.40. The normalized spacial score (nSPS) is 12.4. The number of nitrogens with zero attached hydrogens (tertiary/aromatic N) is 2. The van der Waals surface area contributed by atoms with Crippen molar-refractivity contribution >= 4 is 24.0 Å². The maximum absolute atomic E-state index is 12.9. The van der Waals surface area contributed by atoms with E-state index < -0.39 is 36.1 Å². The summed E-state index contributed by atoms with van der Waals surface area (Å²) in [5.74, 6) is -0.981. The fraction of sp³-hybridized carbons (Fsp3) is 0.579. The zero-order valence-electron chi connectivity index (χ0n) is 29.5. The van der Waals surface area contributed by atoms with Crippen molar-refractivity contribution in [2.24, 2.45) is 23.3 Å². The summed E-state index contributed by atoms with van der Waals surface area (Å²) in [5.41, 5.74) is 13.9. The van der Waals surface area contributed by atoms with Crippen molar-refractivity contribution in [2.45, 2.75) is 117 Å². The average Bonchev–Trinajstić information content (AvgIpc) is 3.09. The van der Waals surface area contributed by atoms with Gasteiger partial charge in [-0.05, 0) is 35.8 Å². The number of imide groups is 2. The molecule has 2 rings (SSSR count). The van der Waals surface area contributed by atoms with Gasteiger partial charge in [-0.15, -0.1) is 0 Å². The van der Waals surface area contributed by atoms with Gasteiger partial charge in [0.1, 0.15) is 13.2 Å². The van der Waals surface area contributed by atoms with E-state index in [1.807, 2.05) is 88.4 Å². The number of hydrogen-bond donors (Lipinski definition) is 2. The summed E-state index contributed by atoms with van der Waals surface area (Å²) >= 11 is 0. The Balaban J connectivity index is 1.66. The lowest BCUT2D eigenvalue weighted by molar-refractivity contribution is -0.133. The largest absolute Gasteiger partial charge is 0.444 e. The fourth-order valence-electron chi connectivity index (χ4n) is 5.06. The first-order chi connectivity index (χ1) is 23.0. The zero-order valence-corrected chi connectivity index (χ0v) is 29.5. The van der Waals surface area contributed by atoms with Gasteiger partial charge >= 0.3 is 12.2 Å². The molecule has 0 spiro atoms. The number of benzene rings is 2. The van der Waals surface area contributed by atoms with Crippen LogP contribution in [0, 0.1) is 11.8 Å². The second-order valence-corrected chi connectivity index (χ2v) is 13.1. The maximum atomic E-state index is 12.9. The van der Waals surface area contributed by atoms with Crippen LogP contribution in [-0.4, -0.2) is 59.0 Å². The van der Waals surface area contributed by atoms with Crippen LogP contribution in [-0.2, 0) is 32.3 Å². The first kappa shape index (κ1) is 40.4. The summed E-state index contributed by atoms with van der Waals surface area (Å²) in [6, 6.07) is 17.2. The van der Waals surface area contributed by atoms with E-state index in [-0.39, 0.29) is 38.1 Å². The molecule has 48 heavy (non-hydrogen) atoms. The van der Waals surface area contributed by atoms with Crippen LogP contribution in [0.15, 0.2) is 60.7 Å². The molecule has 0 unspecified atom stereocenters. The summed E-state index contributed by atoms with van der Waals surface area (Å²) < 4.78 is 10.9. The number of carbonyl (C=O) groups is 4. The van der Waals surface area contributed by atoms with E-state index in [1.165, 1.54) is 9.80 Å². The van der Waals surface area contributed by atoms with E-state index in [2.05, 4.69) is 0 Å². The van der Waals surface area contributed by atoms with Crippen molar-refractivity contribution in [3.05, 3.63) is 71.8 Å². The van der Waals surface area contributed by atoms with E-state index in [0.717, 1.165) is 62.5 Å². The monoisotopic (exact) mass is 666 g/mol. The third-order valence-corrected chi connectivity index (χ3v) is 8.40. The van der Waals surface area contributed by atoms with Gasteiger partial charge in [0.15, 0.2) is 0 Å². The Kier molecular flexibility index (Phi) is 19.2. The number of unbranched alkanes of at least 4 members (excludes halogenated alkanes) is 9. The van der Waals surface area contributed by atoms with Crippen molar-refractivity contribution in [1.82, 2.24) is 9.80 Å². The SMILES string of the molecule is CC(C)[C@H](N)C(=O)N(CCCCCCCCCCCCN(C(=O)OCc1ccccc1)C(=O)[C@@H](N)C(C)C)C(=O)OCc1ccccc1. The van der Waals surface area contributed by atoms with Crippen LogP contribution in [0.1, 0.15) is 103 Å². The number of hydrogen-bond acceptors (Lipinski definition) is 8. The second-order valence-electron chi connectivity index (χ2n) is 13.1. The first-order valence-electron chi connectivity index (χ1n) is 17.6. The number of amides is 4. The Morgan fingerprint density at radius 1 is 0.521 bits per heavy atom. The molecule has 0 aromatic heterocycles. The van der Waals surface area contributed by atoms with Crippen LogP contribution < -0.4 is 11.5 Å². The van der Waals surface area contributed by atoms with Gasteiger partial charge in [0.25, 0.3) is 0 Å². The van der Waals surface area contributed by atoms with Crippen molar-refractivity contribution in [3.8, 4) is 0 Å². The minimum absolute atomic E-state index is 0.0899. The maximum Gasteiger partial charge on any atom is 0.416 e. The molecule has 10 nitrogen and oxygen atoms in total.